The van der Waals surface area contributed by atoms with Crippen LogP contribution < -0.4 is 4.90 Å². The molecule has 1 aromatic carbocycles. The van der Waals surface area contributed by atoms with E-state index in [1.165, 1.54) is 23.9 Å². The number of aromatic nitrogens is 3. The largest absolute Gasteiger partial charge is 0.311 e. The molecule has 1 aliphatic heterocycles. The molecule has 0 aliphatic carbocycles. The minimum atomic E-state index is -0.281. The van der Waals surface area contributed by atoms with Crippen molar-refractivity contribution in [1.82, 2.24) is 14.8 Å². The van der Waals surface area contributed by atoms with Crippen LogP contribution in [-0.2, 0) is 4.79 Å². The fraction of sp³-hybridized carbons (Fsp3) is 0.471. The minimum absolute atomic E-state index is 0.0549. The van der Waals surface area contributed by atoms with Crippen molar-refractivity contribution in [2.45, 2.75) is 50.1 Å². The highest BCUT2D eigenvalue weighted by Crippen LogP contribution is 2.33. The molecule has 0 N–H and O–H groups in total. The second kappa shape index (κ2) is 6.93. The molecule has 1 aliphatic rings. The average molecular weight is 348 g/mol. The van der Waals surface area contributed by atoms with Gasteiger partial charge in [0.2, 0.25) is 5.91 Å². The third kappa shape index (κ3) is 3.31. The monoisotopic (exact) mass is 348 g/mol. The quantitative estimate of drug-likeness (QED) is 0.847. The number of amides is 1. The molecule has 1 amide bonds. The highest BCUT2D eigenvalue weighted by molar-refractivity contribution is 8.00. The number of aryl methyl sites for hydroxylation is 1. The molecule has 0 radical (unpaired) electrons. The van der Waals surface area contributed by atoms with Gasteiger partial charge in [0.25, 0.3) is 0 Å². The van der Waals surface area contributed by atoms with Gasteiger partial charge in [0.15, 0.2) is 5.16 Å². The van der Waals surface area contributed by atoms with E-state index < -0.39 is 0 Å². The van der Waals surface area contributed by atoms with Gasteiger partial charge in [-0.3, -0.25) is 4.79 Å². The number of thioether (sulfide) groups is 1. The van der Waals surface area contributed by atoms with Gasteiger partial charge in [0.1, 0.15) is 12.1 Å². The maximum atomic E-state index is 13.3. The summed E-state index contributed by atoms with van der Waals surface area (Å²) in [6.45, 7) is 6.62. The number of rotatable bonds is 4. The van der Waals surface area contributed by atoms with E-state index in [1.807, 2.05) is 11.5 Å². The molecule has 0 spiro atoms. The fourth-order valence-electron chi connectivity index (χ4n) is 2.91. The summed E-state index contributed by atoms with van der Waals surface area (Å²) < 4.78 is 15.3. The number of halogens is 1. The van der Waals surface area contributed by atoms with Crippen molar-refractivity contribution in [3.8, 4) is 0 Å². The first kappa shape index (κ1) is 17.0. The summed E-state index contributed by atoms with van der Waals surface area (Å²) in [4.78, 5) is 14.7. The summed E-state index contributed by atoms with van der Waals surface area (Å²) >= 11 is 1.47. The number of carbonyl (C=O) groups is 1. The van der Waals surface area contributed by atoms with Crippen LogP contribution in [0.1, 0.15) is 38.3 Å². The number of anilines is 1. The zero-order valence-electron chi connectivity index (χ0n) is 14.1. The average Bonchev–Trinajstić information content (AvgIpc) is 2.98. The lowest BCUT2D eigenvalue weighted by Gasteiger charge is -2.32. The van der Waals surface area contributed by atoms with E-state index >= 15 is 0 Å². The van der Waals surface area contributed by atoms with Gasteiger partial charge in [-0.25, -0.2) is 4.39 Å². The number of benzene rings is 1. The molecule has 1 fully saturated rings. The maximum Gasteiger partial charge on any atom is 0.240 e. The van der Waals surface area contributed by atoms with E-state index in [-0.39, 0.29) is 23.0 Å². The summed E-state index contributed by atoms with van der Waals surface area (Å²) in [6, 6.07) is 4.81. The van der Waals surface area contributed by atoms with Gasteiger partial charge in [-0.05, 0) is 57.4 Å². The van der Waals surface area contributed by atoms with E-state index in [0.717, 1.165) is 29.2 Å². The molecule has 1 aromatic heterocycles. The Hall–Kier alpha value is -1.89. The van der Waals surface area contributed by atoms with Crippen molar-refractivity contribution < 1.29 is 9.18 Å². The van der Waals surface area contributed by atoms with E-state index in [0.29, 0.717) is 6.54 Å². The van der Waals surface area contributed by atoms with Crippen LogP contribution in [0.2, 0.25) is 0 Å². The number of piperidine rings is 1. The molecule has 7 heteroatoms. The molecule has 0 bridgehead atoms. The van der Waals surface area contributed by atoms with Crippen molar-refractivity contribution in [3.05, 3.63) is 35.9 Å². The molecule has 1 saturated heterocycles. The maximum absolute atomic E-state index is 13.3. The van der Waals surface area contributed by atoms with Gasteiger partial charge >= 0.3 is 0 Å². The van der Waals surface area contributed by atoms with Crippen LogP contribution in [0.5, 0.6) is 0 Å². The summed E-state index contributed by atoms with van der Waals surface area (Å²) in [5.74, 6) is -0.226. The minimum Gasteiger partial charge on any atom is -0.311 e. The van der Waals surface area contributed by atoms with Crippen LogP contribution in [0, 0.1) is 12.7 Å². The molecule has 0 saturated carbocycles. The van der Waals surface area contributed by atoms with Crippen LogP contribution in [0.3, 0.4) is 0 Å². The van der Waals surface area contributed by atoms with Gasteiger partial charge < -0.3 is 9.47 Å². The first-order chi connectivity index (χ1) is 11.5. The molecule has 5 nitrogen and oxygen atoms in total. The second-order valence-corrected chi connectivity index (χ2v) is 7.45. The SMILES string of the molecule is Cc1cc(F)ccc1N1CCCC(Sc2nncn2C(C)C)C1=O. The Morgan fingerprint density at radius 2 is 2.17 bits per heavy atom. The molecule has 3 rings (SSSR count). The topological polar surface area (TPSA) is 51.0 Å². The smallest absolute Gasteiger partial charge is 0.240 e. The molecule has 1 atom stereocenters. The van der Waals surface area contributed by atoms with Crippen molar-refractivity contribution in [2.75, 3.05) is 11.4 Å². The van der Waals surface area contributed by atoms with Gasteiger partial charge in [-0.2, -0.15) is 0 Å². The predicted molar refractivity (Wildman–Crippen MR) is 92.8 cm³/mol. The van der Waals surface area contributed by atoms with E-state index in [9.17, 15) is 9.18 Å². The second-order valence-electron chi connectivity index (χ2n) is 6.28. The van der Waals surface area contributed by atoms with Crippen LogP contribution in [0.4, 0.5) is 10.1 Å². The van der Waals surface area contributed by atoms with Crippen molar-refractivity contribution in [3.63, 3.8) is 0 Å². The zero-order valence-corrected chi connectivity index (χ0v) is 14.9. The molecule has 2 heterocycles. The Kier molecular flexibility index (Phi) is 4.89. The summed E-state index contributed by atoms with van der Waals surface area (Å²) in [5.41, 5.74) is 1.57. The normalized spacial score (nSPS) is 18.5. The lowest BCUT2D eigenvalue weighted by atomic mass is 10.1. The third-order valence-electron chi connectivity index (χ3n) is 4.18. The molecular weight excluding hydrogens is 327 g/mol. The highest BCUT2D eigenvalue weighted by atomic mass is 32.2. The van der Waals surface area contributed by atoms with Crippen LogP contribution in [-0.4, -0.2) is 32.5 Å². The molecule has 128 valence electrons. The van der Waals surface area contributed by atoms with E-state index in [2.05, 4.69) is 24.0 Å². The fourth-order valence-corrected chi connectivity index (χ4v) is 4.15. The van der Waals surface area contributed by atoms with Crippen molar-refractivity contribution >= 4 is 23.4 Å². The van der Waals surface area contributed by atoms with Crippen molar-refractivity contribution in [2.24, 2.45) is 0 Å². The zero-order chi connectivity index (χ0) is 17.3. The van der Waals surface area contributed by atoms with Crippen LogP contribution in [0.25, 0.3) is 0 Å². The van der Waals surface area contributed by atoms with Crippen LogP contribution in [0.15, 0.2) is 29.7 Å². The Morgan fingerprint density at radius 1 is 1.38 bits per heavy atom. The molecule has 1 unspecified atom stereocenters. The van der Waals surface area contributed by atoms with E-state index in [4.69, 9.17) is 0 Å². The first-order valence-electron chi connectivity index (χ1n) is 8.11. The third-order valence-corrected chi connectivity index (χ3v) is 5.41. The van der Waals surface area contributed by atoms with Crippen molar-refractivity contribution in [1.29, 1.82) is 0 Å². The van der Waals surface area contributed by atoms with Gasteiger partial charge in [-0.15, -0.1) is 10.2 Å². The van der Waals surface area contributed by atoms with Gasteiger partial charge in [0.05, 0.1) is 5.25 Å². The predicted octanol–water partition coefficient (Wildman–Crippen LogP) is 3.59. The Balaban J connectivity index is 1.81. The Labute approximate surface area is 145 Å². The molecule has 2 aromatic rings. The van der Waals surface area contributed by atoms with E-state index in [1.54, 1.807) is 17.3 Å². The molecule has 24 heavy (non-hydrogen) atoms. The molecular formula is C17H21FN4OS. The summed E-state index contributed by atoms with van der Waals surface area (Å²) in [5, 5.41) is 8.68. The first-order valence-corrected chi connectivity index (χ1v) is 8.99. The summed E-state index contributed by atoms with van der Waals surface area (Å²) in [6.07, 6.45) is 3.42. The van der Waals surface area contributed by atoms with Gasteiger partial charge in [-0.1, -0.05) is 11.8 Å². The highest BCUT2D eigenvalue weighted by Gasteiger charge is 2.32. The number of carbonyl (C=O) groups excluding carboxylic acids is 1. The number of hydrogen-bond acceptors (Lipinski definition) is 4. The number of nitrogens with zero attached hydrogens (tertiary/aromatic N) is 4. The lowest BCUT2D eigenvalue weighted by molar-refractivity contribution is -0.119. The number of hydrogen-bond donors (Lipinski definition) is 0. The lowest BCUT2D eigenvalue weighted by Crippen LogP contribution is -2.43. The van der Waals surface area contributed by atoms with Gasteiger partial charge in [0, 0.05) is 18.3 Å². The standard InChI is InChI=1S/C17H21FN4OS/c1-11(2)22-10-19-20-17(22)24-15-5-4-8-21(16(15)23)14-7-6-13(18)9-12(14)3/h6-7,9-11,15H,4-5,8H2,1-3H3. The Morgan fingerprint density at radius 3 is 2.88 bits per heavy atom. The Bertz CT molecular complexity index is 746. The van der Waals surface area contributed by atoms with Crippen LogP contribution >= 0.6 is 11.8 Å². The summed E-state index contributed by atoms with van der Waals surface area (Å²) in [7, 11) is 0.